The van der Waals surface area contributed by atoms with Crippen molar-refractivity contribution in [3.05, 3.63) is 53.8 Å². The Hall–Kier alpha value is -6.18. The summed E-state index contributed by atoms with van der Waals surface area (Å²) in [4.78, 5) is 57.7. The van der Waals surface area contributed by atoms with E-state index in [2.05, 4.69) is 37.6 Å². The summed E-state index contributed by atoms with van der Waals surface area (Å²) in [6, 6.07) is 8.39. The lowest BCUT2D eigenvalue weighted by atomic mass is 9.78. The lowest BCUT2D eigenvalue weighted by Crippen LogP contribution is -2.46. The van der Waals surface area contributed by atoms with Crippen LogP contribution in [0.5, 0.6) is 11.5 Å². The summed E-state index contributed by atoms with van der Waals surface area (Å²) in [7, 11) is 6.86. The number of nitrogen functional groups attached to an aromatic ring is 3. The van der Waals surface area contributed by atoms with Gasteiger partial charge in [0.05, 0.1) is 59.3 Å². The van der Waals surface area contributed by atoms with E-state index >= 15 is 0 Å². The Morgan fingerprint density at radius 1 is 0.730 bits per heavy atom. The van der Waals surface area contributed by atoms with Gasteiger partial charge < -0.3 is 47.2 Å². The van der Waals surface area contributed by atoms with Crippen molar-refractivity contribution in [3.63, 3.8) is 0 Å². The van der Waals surface area contributed by atoms with Gasteiger partial charge in [-0.15, -0.1) is 0 Å². The number of anilines is 4. The third-order valence-corrected chi connectivity index (χ3v) is 13.6. The van der Waals surface area contributed by atoms with Crippen LogP contribution in [-0.4, -0.2) is 85.4 Å². The summed E-state index contributed by atoms with van der Waals surface area (Å²) in [5.41, 5.74) is 12.5. The maximum atomic E-state index is 12.9. The number of benzene rings is 2. The average molecular weight is 868 g/mol. The zero-order valence-corrected chi connectivity index (χ0v) is 37.5. The quantitative estimate of drug-likeness (QED) is 0.0881. The van der Waals surface area contributed by atoms with Gasteiger partial charge in [0.1, 0.15) is 11.0 Å². The van der Waals surface area contributed by atoms with Crippen molar-refractivity contribution in [3.8, 4) is 23.6 Å². The Labute approximate surface area is 365 Å². The second kappa shape index (κ2) is 16.8. The molecule has 2 aliphatic carbocycles. The van der Waals surface area contributed by atoms with Crippen LogP contribution < -0.4 is 69.7 Å². The predicted octanol–water partition coefficient (Wildman–Crippen LogP) is 2.35. The molecule has 2 saturated carbocycles. The number of H-pyrrole nitrogens is 1. The first-order valence-electron chi connectivity index (χ1n) is 21.6. The molecule has 4 fully saturated rings. The first kappa shape index (κ1) is 44.9. The van der Waals surface area contributed by atoms with E-state index in [0.29, 0.717) is 44.8 Å². The molecule has 8 rings (SSSR count). The largest absolute Gasteiger partial charge is 0.492 e. The molecule has 0 radical (unpaired) electrons. The first-order valence-corrected chi connectivity index (χ1v) is 21.6. The molecule has 4 atom stereocenters. The lowest BCUT2D eigenvalue weighted by molar-refractivity contribution is 0.253. The monoisotopic (exact) mass is 867 g/mol. The van der Waals surface area contributed by atoms with Crippen LogP contribution in [0.25, 0.3) is 21.8 Å². The van der Waals surface area contributed by atoms with Crippen molar-refractivity contribution in [1.29, 1.82) is 10.5 Å². The molecule has 0 bridgehead atoms. The minimum absolute atomic E-state index is 0.00962. The number of hydrogen-bond donors (Lipinski definition) is 6. The van der Waals surface area contributed by atoms with Gasteiger partial charge in [0.2, 0.25) is 0 Å². The van der Waals surface area contributed by atoms with Crippen molar-refractivity contribution in [2.45, 2.75) is 90.4 Å². The Balaban J connectivity index is 0.000000189. The molecule has 338 valence electrons. The van der Waals surface area contributed by atoms with Crippen molar-refractivity contribution in [2.24, 2.45) is 22.7 Å². The third kappa shape index (κ3) is 7.82. The van der Waals surface area contributed by atoms with Crippen molar-refractivity contribution in [2.75, 3.05) is 81.6 Å². The van der Waals surface area contributed by atoms with E-state index in [1.807, 2.05) is 41.8 Å². The number of methoxy groups -OCH3 is 2. The number of fused-ring (bicyclic) bond motifs is 2. The molecule has 4 heterocycles. The highest BCUT2D eigenvalue weighted by molar-refractivity contribution is 6.00. The molecule has 2 aliphatic heterocycles. The Kier molecular flexibility index (Phi) is 12.0. The Morgan fingerprint density at radius 3 is 1.57 bits per heavy atom. The maximum absolute atomic E-state index is 12.9. The summed E-state index contributed by atoms with van der Waals surface area (Å²) in [6.45, 7) is 10.7. The van der Waals surface area contributed by atoms with Crippen LogP contribution in [0.4, 0.5) is 22.7 Å². The number of nitrogens with one attached hydrogen (secondary N) is 3. The predicted molar refractivity (Wildman–Crippen MR) is 245 cm³/mol. The van der Waals surface area contributed by atoms with Gasteiger partial charge in [-0.1, -0.05) is 0 Å². The summed E-state index contributed by atoms with van der Waals surface area (Å²) >= 11 is 0. The van der Waals surface area contributed by atoms with Crippen molar-refractivity contribution >= 4 is 44.6 Å². The van der Waals surface area contributed by atoms with E-state index in [0.717, 1.165) is 69.5 Å². The number of ether oxygens (including phenoxy) is 2. The van der Waals surface area contributed by atoms with E-state index in [-0.39, 0.29) is 47.1 Å². The van der Waals surface area contributed by atoms with Gasteiger partial charge in [-0.05, 0) is 104 Å². The first-order chi connectivity index (χ1) is 29.9. The molecule has 4 unspecified atom stereocenters. The highest BCUT2D eigenvalue weighted by atomic mass is 16.5. The van der Waals surface area contributed by atoms with Crippen LogP contribution in [0.15, 0.2) is 31.3 Å². The molecular formula is C44H61N13O6. The summed E-state index contributed by atoms with van der Waals surface area (Å²) in [5.74, 6) is 7.23. The zero-order chi connectivity index (χ0) is 45.9. The fraction of sp³-hybridized carbons (Fsp3) is 0.591. The average Bonchev–Trinajstić information content (AvgIpc) is 4.17. The van der Waals surface area contributed by atoms with Crippen LogP contribution in [0.3, 0.4) is 0 Å². The second-order valence-corrected chi connectivity index (χ2v) is 18.6. The van der Waals surface area contributed by atoms with Crippen LogP contribution in [0.2, 0.25) is 0 Å². The van der Waals surface area contributed by atoms with Crippen LogP contribution >= 0.6 is 0 Å². The summed E-state index contributed by atoms with van der Waals surface area (Å²) in [6.07, 6.45) is 5.22. The van der Waals surface area contributed by atoms with Crippen LogP contribution in [0.1, 0.15) is 78.3 Å². The zero-order valence-electron chi connectivity index (χ0n) is 37.5. The normalized spacial score (nSPS) is 20.0. The molecule has 0 spiro atoms. The van der Waals surface area contributed by atoms with Crippen LogP contribution in [0, 0.1) is 45.3 Å². The fourth-order valence-electron chi connectivity index (χ4n) is 10.3. The van der Waals surface area contributed by atoms with E-state index in [9.17, 15) is 29.7 Å². The smallest absolute Gasteiger partial charge is 0.350 e. The number of rotatable bonds is 12. The standard InChI is InChI=1S/C22H31N7O3.C22H30N6O3/c1-22(2,11-23)19(26-3)12-7-8-27(10-12)15-9-14(24)16-17(18(15)32-4)28(13-5-6-13)21(31)29(25)20(16)30;1-22(2,11-23)19(25-3)12-7-8-27(10-12)15-9-14(24)16-17(18(15)31-4)28(13-5-6-13)21(30)26-20(16)29/h9,12-13,19,26H,5-8,10,24-25H2,1-4H3;9,12-13,19,25H,5-8,10,24H2,1-4H3,(H,26,29,30). The van der Waals surface area contributed by atoms with Crippen LogP contribution in [-0.2, 0) is 0 Å². The molecule has 63 heavy (non-hydrogen) atoms. The van der Waals surface area contributed by atoms with Gasteiger partial charge in [-0.2, -0.15) is 15.2 Å². The number of nitriles is 2. The van der Waals surface area contributed by atoms with Crippen molar-refractivity contribution in [1.82, 2.24) is 29.4 Å². The van der Waals surface area contributed by atoms with E-state index < -0.39 is 33.3 Å². The second-order valence-electron chi connectivity index (χ2n) is 18.6. The topological polar surface area (TPSA) is 274 Å². The summed E-state index contributed by atoms with van der Waals surface area (Å²) in [5, 5.41) is 26.4. The lowest BCUT2D eigenvalue weighted by Gasteiger charge is -2.33. The van der Waals surface area contributed by atoms with Gasteiger partial charge in [0.25, 0.3) is 11.1 Å². The highest BCUT2D eigenvalue weighted by Gasteiger charge is 2.42. The molecule has 2 aromatic heterocycles. The molecule has 2 saturated heterocycles. The van der Waals surface area contributed by atoms with Gasteiger partial charge in [0, 0.05) is 61.7 Å². The van der Waals surface area contributed by atoms with E-state index in [4.69, 9.17) is 26.8 Å². The van der Waals surface area contributed by atoms with Gasteiger partial charge >= 0.3 is 11.4 Å². The van der Waals surface area contributed by atoms with Gasteiger partial charge in [-0.3, -0.25) is 23.7 Å². The molecule has 9 N–H and O–H groups in total. The Bertz CT molecular complexity index is 2770. The third-order valence-electron chi connectivity index (χ3n) is 13.6. The molecule has 4 aromatic rings. The SMILES string of the molecule is CNC(C1CCN(c2cc(N)c3c(=O)[nH]c(=O)n(C4CC4)c3c2OC)C1)C(C)(C)C#N.CNC(C1CCN(c2cc(N)c3c(=O)n(N)c(=O)n(C4CC4)c3c2OC)C1)C(C)(C)C#N. The number of nitrogens with zero attached hydrogens (tertiary/aromatic N) is 7. The Morgan fingerprint density at radius 2 is 1.16 bits per heavy atom. The minimum atomic E-state index is -0.630. The molecule has 19 heteroatoms. The number of aromatic nitrogens is 4. The molecule has 0 amide bonds. The molecule has 19 nitrogen and oxygen atoms in total. The van der Waals surface area contributed by atoms with Gasteiger partial charge in [0.15, 0.2) is 11.5 Å². The molecule has 4 aliphatic rings. The molecule has 2 aromatic carbocycles. The molecular weight excluding hydrogens is 807 g/mol. The number of hydrogen-bond acceptors (Lipinski definition) is 15. The van der Waals surface area contributed by atoms with Crippen molar-refractivity contribution < 1.29 is 9.47 Å². The van der Waals surface area contributed by atoms with E-state index in [1.165, 1.54) is 7.11 Å². The minimum Gasteiger partial charge on any atom is -0.492 e. The highest BCUT2D eigenvalue weighted by Crippen LogP contribution is 2.46. The maximum Gasteiger partial charge on any atom is 0.350 e. The number of aromatic amines is 1. The fourth-order valence-corrected chi connectivity index (χ4v) is 10.3. The van der Waals surface area contributed by atoms with Gasteiger partial charge in [-0.25, -0.2) is 9.59 Å². The van der Waals surface area contributed by atoms with E-state index in [1.54, 1.807) is 28.4 Å². The summed E-state index contributed by atoms with van der Waals surface area (Å²) < 4.78 is 15.4. The number of nitrogens with two attached hydrogens (primary N) is 3.